The lowest BCUT2D eigenvalue weighted by Crippen LogP contribution is -2.47. The fourth-order valence-corrected chi connectivity index (χ4v) is 5.55. The Morgan fingerprint density at radius 3 is 2.49 bits per heavy atom. The van der Waals surface area contributed by atoms with Crippen molar-refractivity contribution in [2.75, 3.05) is 51.3 Å². The van der Waals surface area contributed by atoms with E-state index >= 15 is 0 Å². The summed E-state index contributed by atoms with van der Waals surface area (Å²) in [6, 6.07) is 21.0. The summed E-state index contributed by atoms with van der Waals surface area (Å²) in [5.74, 6) is 1.13. The number of carbonyl (C=O) groups is 1. The number of fused-ring (bicyclic) bond motifs is 1. The van der Waals surface area contributed by atoms with Gasteiger partial charge in [-0.3, -0.25) is 14.5 Å². The first kappa shape index (κ1) is 27.0. The molecule has 0 radical (unpaired) electrons. The van der Waals surface area contributed by atoms with Gasteiger partial charge >= 0.3 is 0 Å². The third-order valence-corrected chi connectivity index (χ3v) is 7.66. The Morgan fingerprint density at radius 2 is 1.74 bits per heavy atom. The standard InChI is InChI=1S/C31H32BrN3O4/c1-21-28(36)24-19-23(32)20-25(30(24)39-29(21)22-9-4-3-5-10-22)31(37)33-13-8-14-34-15-17-35(18-16-34)26-11-6-7-12-27(26)38-2/h3-7,9-12,19-20H,8,13-18H2,1-2H3,(H,33,37). The summed E-state index contributed by atoms with van der Waals surface area (Å²) in [5, 5.41) is 3.41. The lowest BCUT2D eigenvalue weighted by atomic mass is 10.0. The SMILES string of the molecule is COc1ccccc1N1CCN(CCCNC(=O)c2cc(Br)cc3c(=O)c(C)c(-c4ccccc4)oc23)CC1. The number of hydrogen-bond donors (Lipinski definition) is 1. The predicted octanol–water partition coefficient (Wildman–Crippen LogP) is 5.48. The molecule has 4 aromatic rings. The normalized spacial score (nSPS) is 14.0. The van der Waals surface area contributed by atoms with Gasteiger partial charge in [0.1, 0.15) is 11.5 Å². The molecule has 1 aliphatic rings. The van der Waals surface area contributed by atoms with Crippen LogP contribution in [0.25, 0.3) is 22.3 Å². The molecule has 202 valence electrons. The van der Waals surface area contributed by atoms with Crippen LogP contribution in [-0.2, 0) is 0 Å². The van der Waals surface area contributed by atoms with Gasteiger partial charge in [-0.15, -0.1) is 0 Å². The predicted molar refractivity (Wildman–Crippen MR) is 159 cm³/mol. The van der Waals surface area contributed by atoms with Crippen LogP contribution in [0.3, 0.4) is 0 Å². The van der Waals surface area contributed by atoms with E-state index in [1.807, 2.05) is 48.5 Å². The molecule has 1 N–H and O–H groups in total. The number of nitrogens with one attached hydrogen (secondary N) is 1. The first-order valence-electron chi connectivity index (χ1n) is 13.2. The highest BCUT2D eigenvalue weighted by atomic mass is 79.9. The van der Waals surface area contributed by atoms with Crippen LogP contribution in [0.5, 0.6) is 5.75 Å². The van der Waals surface area contributed by atoms with Crippen LogP contribution in [0.2, 0.25) is 0 Å². The van der Waals surface area contributed by atoms with E-state index in [0.717, 1.165) is 56.1 Å². The number of carbonyl (C=O) groups excluding carboxylic acids is 1. The molecule has 1 saturated heterocycles. The number of benzene rings is 3. The average molecular weight is 591 g/mol. The second-order valence-corrected chi connectivity index (χ2v) is 10.6. The van der Waals surface area contributed by atoms with Crippen molar-refractivity contribution in [2.24, 2.45) is 0 Å². The number of rotatable bonds is 8. The summed E-state index contributed by atoms with van der Waals surface area (Å²) in [4.78, 5) is 31.2. The molecule has 7 nitrogen and oxygen atoms in total. The minimum atomic E-state index is -0.256. The van der Waals surface area contributed by atoms with Crippen molar-refractivity contribution in [1.82, 2.24) is 10.2 Å². The second-order valence-electron chi connectivity index (χ2n) is 9.69. The van der Waals surface area contributed by atoms with Gasteiger partial charge in [0.15, 0.2) is 11.0 Å². The fourth-order valence-electron chi connectivity index (χ4n) is 5.09. The largest absolute Gasteiger partial charge is 0.495 e. The zero-order valence-corrected chi connectivity index (χ0v) is 23.8. The molecule has 1 amide bonds. The Kier molecular flexibility index (Phi) is 8.33. The summed E-state index contributed by atoms with van der Waals surface area (Å²) < 4.78 is 12.4. The molecule has 0 bridgehead atoms. The van der Waals surface area contributed by atoms with Gasteiger partial charge < -0.3 is 19.4 Å². The third kappa shape index (κ3) is 5.87. The maximum Gasteiger partial charge on any atom is 0.255 e. The van der Waals surface area contributed by atoms with Gasteiger partial charge in [0, 0.05) is 48.3 Å². The Labute approximate surface area is 236 Å². The van der Waals surface area contributed by atoms with E-state index in [1.54, 1.807) is 26.2 Å². The lowest BCUT2D eigenvalue weighted by Gasteiger charge is -2.36. The monoisotopic (exact) mass is 589 g/mol. The molecule has 0 spiro atoms. The summed E-state index contributed by atoms with van der Waals surface area (Å²) in [7, 11) is 1.71. The molecule has 5 rings (SSSR count). The zero-order valence-electron chi connectivity index (χ0n) is 22.2. The Balaban J connectivity index is 1.22. The van der Waals surface area contributed by atoms with E-state index in [0.29, 0.717) is 38.9 Å². The number of methoxy groups -OCH3 is 1. The molecule has 0 saturated carbocycles. The van der Waals surface area contributed by atoms with Gasteiger partial charge in [0.25, 0.3) is 5.91 Å². The van der Waals surface area contributed by atoms with Crippen molar-refractivity contribution in [3.05, 3.63) is 92.6 Å². The van der Waals surface area contributed by atoms with Crippen LogP contribution >= 0.6 is 15.9 Å². The van der Waals surface area contributed by atoms with E-state index in [1.165, 1.54) is 0 Å². The molecule has 0 atom stereocenters. The molecule has 1 aliphatic heterocycles. The van der Waals surface area contributed by atoms with Crippen molar-refractivity contribution in [3.63, 3.8) is 0 Å². The van der Waals surface area contributed by atoms with Crippen molar-refractivity contribution in [1.29, 1.82) is 0 Å². The first-order valence-corrected chi connectivity index (χ1v) is 14.0. The summed E-state index contributed by atoms with van der Waals surface area (Å²) in [6.45, 7) is 6.94. The molecule has 3 aromatic carbocycles. The van der Waals surface area contributed by atoms with Gasteiger partial charge in [0.2, 0.25) is 0 Å². The highest BCUT2D eigenvalue weighted by Crippen LogP contribution is 2.30. The number of anilines is 1. The quantitative estimate of drug-likeness (QED) is 0.274. The van der Waals surface area contributed by atoms with Crippen LogP contribution in [-0.4, -0.2) is 57.2 Å². The molecule has 0 unspecified atom stereocenters. The van der Waals surface area contributed by atoms with Gasteiger partial charge in [-0.05, 0) is 44.2 Å². The maximum atomic E-state index is 13.2. The lowest BCUT2D eigenvalue weighted by molar-refractivity contribution is 0.0952. The summed E-state index contributed by atoms with van der Waals surface area (Å²) >= 11 is 3.46. The summed E-state index contributed by atoms with van der Waals surface area (Å²) in [5.41, 5.74) is 2.96. The molecule has 2 heterocycles. The molecule has 1 aromatic heterocycles. The van der Waals surface area contributed by atoms with Crippen molar-refractivity contribution in [2.45, 2.75) is 13.3 Å². The first-order chi connectivity index (χ1) is 19.0. The van der Waals surface area contributed by atoms with E-state index in [-0.39, 0.29) is 11.3 Å². The summed E-state index contributed by atoms with van der Waals surface area (Å²) in [6.07, 6.45) is 0.824. The number of ether oxygens (including phenoxy) is 1. The Hall–Kier alpha value is -3.62. The second kappa shape index (κ2) is 12.1. The number of piperazine rings is 1. The molecule has 0 aliphatic carbocycles. The molecule has 1 fully saturated rings. The highest BCUT2D eigenvalue weighted by Gasteiger charge is 2.21. The Morgan fingerprint density at radius 1 is 1.03 bits per heavy atom. The number of amides is 1. The number of para-hydroxylation sites is 2. The van der Waals surface area contributed by atoms with Crippen molar-refractivity contribution < 1.29 is 13.9 Å². The minimum Gasteiger partial charge on any atom is -0.495 e. The smallest absolute Gasteiger partial charge is 0.255 e. The molecular formula is C31H32BrN3O4. The van der Waals surface area contributed by atoms with Crippen LogP contribution in [0.15, 0.2) is 80.4 Å². The van der Waals surface area contributed by atoms with Crippen LogP contribution in [0.1, 0.15) is 22.3 Å². The molecular weight excluding hydrogens is 558 g/mol. The van der Waals surface area contributed by atoms with Crippen LogP contribution in [0.4, 0.5) is 5.69 Å². The molecule has 8 heteroatoms. The van der Waals surface area contributed by atoms with E-state index in [2.05, 4.69) is 37.1 Å². The minimum absolute atomic E-state index is 0.141. The number of nitrogens with zero attached hydrogens (tertiary/aromatic N) is 2. The van der Waals surface area contributed by atoms with Crippen molar-refractivity contribution in [3.8, 4) is 17.1 Å². The maximum absolute atomic E-state index is 13.2. The molecule has 39 heavy (non-hydrogen) atoms. The van der Waals surface area contributed by atoms with E-state index in [9.17, 15) is 9.59 Å². The third-order valence-electron chi connectivity index (χ3n) is 7.20. The fraction of sp³-hybridized carbons (Fsp3) is 0.290. The Bertz CT molecular complexity index is 1530. The zero-order chi connectivity index (χ0) is 27.4. The van der Waals surface area contributed by atoms with E-state index < -0.39 is 0 Å². The average Bonchev–Trinajstić information content (AvgIpc) is 2.97. The highest BCUT2D eigenvalue weighted by molar-refractivity contribution is 9.10. The number of hydrogen-bond acceptors (Lipinski definition) is 6. The van der Waals surface area contributed by atoms with Gasteiger partial charge in [-0.1, -0.05) is 58.4 Å². The van der Waals surface area contributed by atoms with Gasteiger partial charge in [0.05, 0.1) is 23.7 Å². The van der Waals surface area contributed by atoms with Crippen LogP contribution in [0, 0.1) is 6.92 Å². The number of halogens is 1. The topological polar surface area (TPSA) is 75.0 Å². The van der Waals surface area contributed by atoms with Crippen LogP contribution < -0.4 is 20.4 Å². The van der Waals surface area contributed by atoms with Crippen molar-refractivity contribution >= 4 is 38.5 Å². The van der Waals surface area contributed by atoms with E-state index in [4.69, 9.17) is 9.15 Å². The van der Waals surface area contributed by atoms with Gasteiger partial charge in [-0.2, -0.15) is 0 Å². The van der Waals surface area contributed by atoms with Gasteiger partial charge in [-0.25, -0.2) is 0 Å².